The fourth-order valence-electron chi connectivity index (χ4n) is 3.26. The van der Waals surface area contributed by atoms with Crippen LogP contribution in [0, 0.1) is 5.41 Å². The van der Waals surface area contributed by atoms with Crippen molar-refractivity contribution < 1.29 is 44.5 Å². The summed E-state index contributed by atoms with van der Waals surface area (Å²) >= 11 is 13.3. The number of halogens is 2. The second kappa shape index (κ2) is 11.0. The third-order valence-electron chi connectivity index (χ3n) is 4.63. The van der Waals surface area contributed by atoms with E-state index in [1.807, 2.05) is 12.2 Å². The summed E-state index contributed by atoms with van der Waals surface area (Å²) in [7, 11) is -3.33. The Bertz CT molecular complexity index is 698. The second-order valence-corrected chi connectivity index (χ2v) is 19.7. The van der Waals surface area contributed by atoms with Gasteiger partial charge >= 0.3 is 0 Å². The number of rotatable bonds is 10. The van der Waals surface area contributed by atoms with Gasteiger partial charge in [0.1, 0.15) is 11.5 Å². The third kappa shape index (κ3) is 7.75. The van der Waals surface area contributed by atoms with E-state index < -0.39 is 22.0 Å². The topological polar surface area (TPSA) is 36.9 Å². The van der Waals surface area contributed by atoms with Gasteiger partial charge in [-0.05, 0) is 51.4 Å². The van der Waals surface area contributed by atoms with Gasteiger partial charge in [0.15, 0.2) is 30.2 Å². The van der Waals surface area contributed by atoms with Crippen LogP contribution in [0.2, 0.25) is 39.3 Å². The fourth-order valence-corrected chi connectivity index (χ4v) is 4.90. The molecule has 30 heavy (non-hydrogen) atoms. The summed E-state index contributed by atoms with van der Waals surface area (Å²) in [6.45, 7) is 17.4. The molecule has 0 aromatic carbocycles. The minimum absolute atomic E-state index is 0. The van der Waals surface area contributed by atoms with Crippen LogP contribution in [0.4, 0.5) is 0 Å². The molecule has 0 bridgehead atoms. The van der Waals surface area contributed by atoms with Gasteiger partial charge in [0.2, 0.25) is 0 Å². The van der Waals surface area contributed by atoms with Gasteiger partial charge in [0.05, 0.1) is 0 Å². The van der Waals surface area contributed by atoms with Gasteiger partial charge in [-0.25, -0.2) is 0 Å². The Labute approximate surface area is 213 Å². The van der Waals surface area contributed by atoms with E-state index in [9.17, 15) is 0 Å². The average Bonchev–Trinajstić information content (AvgIpc) is 3.08. The SMILES string of the molecule is CC(C)(C1=C(Cl)CC=C1OCO[Si](C)(C)C)C1=C(Cl)CC=C1OCO[Si](C)(C)C.[Zr]. The zero-order valence-electron chi connectivity index (χ0n) is 19.4. The Kier molecular flexibility index (Phi) is 10.4. The van der Waals surface area contributed by atoms with Crippen LogP contribution in [0.3, 0.4) is 0 Å². The predicted molar refractivity (Wildman–Crippen MR) is 126 cm³/mol. The first-order chi connectivity index (χ1) is 13.2. The molecule has 0 fully saturated rings. The van der Waals surface area contributed by atoms with Crippen molar-refractivity contribution >= 4 is 39.8 Å². The Morgan fingerprint density at radius 3 is 1.40 bits per heavy atom. The molecule has 0 unspecified atom stereocenters. The van der Waals surface area contributed by atoms with Gasteiger partial charge in [0, 0.05) is 65.7 Å². The largest absolute Gasteiger partial charge is 0.468 e. The molecule has 0 spiro atoms. The molecule has 0 atom stereocenters. The van der Waals surface area contributed by atoms with E-state index in [2.05, 4.69) is 53.1 Å². The van der Waals surface area contributed by atoms with Crippen LogP contribution in [-0.2, 0) is 44.5 Å². The molecule has 0 aliphatic heterocycles. The van der Waals surface area contributed by atoms with E-state index in [0.29, 0.717) is 12.8 Å². The van der Waals surface area contributed by atoms with Crippen molar-refractivity contribution in [3.63, 3.8) is 0 Å². The van der Waals surface area contributed by atoms with Gasteiger partial charge in [-0.2, -0.15) is 0 Å². The molecule has 4 nitrogen and oxygen atoms in total. The summed E-state index contributed by atoms with van der Waals surface area (Å²) in [6.07, 6.45) is 5.31. The van der Waals surface area contributed by atoms with Crippen LogP contribution in [0.15, 0.2) is 44.9 Å². The van der Waals surface area contributed by atoms with Crippen molar-refractivity contribution in [1.82, 2.24) is 0 Å². The molecule has 2 aliphatic rings. The molecule has 0 heterocycles. The minimum atomic E-state index is -1.66. The molecule has 0 radical (unpaired) electrons. The molecule has 0 aromatic rings. The number of allylic oxidation sites excluding steroid dienone is 6. The fraction of sp³-hybridized carbons (Fsp3) is 0.619. The quantitative estimate of drug-likeness (QED) is 0.206. The maximum Gasteiger partial charge on any atom is 0.188 e. The summed E-state index contributed by atoms with van der Waals surface area (Å²) in [6, 6.07) is 0. The van der Waals surface area contributed by atoms with Crippen molar-refractivity contribution in [3.8, 4) is 0 Å². The maximum absolute atomic E-state index is 6.63. The number of hydrogen-bond acceptors (Lipinski definition) is 4. The summed E-state index contributed by atoms with van der Waals surface area (Å²) in [5.74, 6) is 1.53. The smallest absolute Gasteiger partial charge is 0.188 e. The van der Waals surface area contributed by atoms with Crippen molar-refractivity contribution in [2.75, 3.05) is 13.6 Å². The first-order valence-electron chi connectivity index (χ1n) is 9.95. The second-order valence-electron chi connectivity index (χ2n) is 9.77. The molecule has 0 N–H and O–H groups in total. The van der Waals surface area contributed by atoms with Gasteiger partial charge in [-0.15, -0.1) is 0 Å². The van der Waals surface area contributed by atoms with E-state index in [1.165, 1.54) is 0 Å². The standard InChI is InChI=1S/C21H34Cl2O4Si2.Zr/c1-21(2,19-15(22)9-11-17(19)24-13-26-28(3,4)5)20-16(23)10-12-18(20)25-14-27-29(6,7)8;/h11-12H,9-10,13-14H2,1-8H3;. The molecular formula is C21H34Cl2O4Si2Zr. The average molecular weight is 569 g/mol. The Morgan fingerprint density at radius 1 is 0.767 bits per heavy atom. The molecule has 2 rings (SSSR count). The molecule has 0 amide bonds. The monoisotopic (exact) mass is 566 g/mol. The van der Waals surface area contributed by atoms with Crippen molar-refractivity contribution in [1.29, 1.82) is 0 Å². The molecule has 9 heteroatoms. The summed E-state index contributed by atoms with van der Waals surface area (Å²) < 4.78 is 23.7. The molecule has 0 saturated carbocycles. The van der Waals surface area contributed by atoms with E-state index >= 15 is 0 Å². The van der Waals surface area contributed by atoms with Gasteiger partial charge in [0.25, 0.3) is 0 Å². The predicted octanol–water partition coefficient (Wildman–Crippen LogP) is 7.22. The van der Waals surface area contributed by atoms with Crippen molar-refractivity contribution in [2.45, 2.75) is 66.0 Å². The van der Waals surface area contributed by atoms with E-state index in [1.54, 1.807) is 0 Å². The molecule has 0 saturated heterocycles. The summed E-state index contributed by atoms with van der Waals surface area (Å²) in [5, 5.41) is 1.53. The van der Waals surface area contributed by atoms with Gasteiger partial charge < -0.3 is 18.3 Å². The van der Waals surface area contributed by atoms with Crippen LogP contribution in [0.25, 0.3) is 0 Å². The normalized spacial score (nSPS) is 17.8. The van der Waals surface area contributed by atoms with E-state index in [-0.39, 0.29) is 39.8 Å². The first kappa shape index (κ1) is 28.4. The van der Waals surface area contributed by atoms with E-state index in [4.69, 9.17) is 41.5 Å². The molecule has 0 aromatic heterocycles. The van der Waals surface area contributed by atoms with Crippen LogP contribution < -0.4 is 0 Å². The van der Waals surface area contributed by atoms with Gasteiger partial charge in [-0.3, -0.25) is 0 Å². The third-order valence-corrected chi connectivity index (χ3v) is 7.29. The molecular weight excluding hydrogens is 535 g/mol. The zero-order valence-corrected chi connectivity index (χ0v) is 25.3. The molecule has 168 valence electrons. The summed E-state index contributed by atoms with van der Waals surface area (Å²) in [4.78, 5) is 0. The number of hydrogen-bond donors (Lipinski definition) is 0. The summed E-state index contributed by atoms with van der Waals surface area (Å²) in [5.41, 5.74) is 1.40. The van der Waals surface area contributed by atoms with Gasteiger partial charge in [-0.1, -0.05) is 37.0 Å². The minimum Gasteiger partial charge on any atom is -0.468 e. The Hall–Kier alpha value is 0.377. The van der Waals surface area contributed by atoms with Crippen molar-refractivity contribution in [2.24, 2.45) is 5.41 Å². The van der Waals surface area contributed by atoms with Crippen molar-refractivity contribution in [3.05, 3.63) is 44.9 Å². The Balaban J connectivity index is 0.00000450. The van der Waals surface area contributed by atoms with Crippen LogP contribution in [-0.4, -0.2) is 30.2 Å². The molecule has 2 aliphatic carbocycles. The van der Waals surface area contributed by atoms with E-state index in [0.717, 1.165) is 32.7 Å². The zero-order chi connectivity index (χ0) is 22.0. The van der Waals surface area contributed by atoms with Crippen LogP contribution in [0.5, 0.6) is 0 Å². The van der Waals surface area contributed by atoms with Crippen LogP contribution in [0.1, 0.15) is 26.7 Å². The maximum atomic E-state index is 6.63. The Morgan fingerprint density at radius 2 is 1.10 bits per heavy atom. The number of ether oxygens (including phenoxy) is 2. The van der Waals surface area contributed by atoms with Crippen LogP contribution >= 0.6 is 23.2 Å². The first-order valence-corrected chi connectivity index (χ1v) is 17.5.